The van der Waals surface area contributed by atoms with Crippen LogP contribution < -0.4 is 15.1 Å². The topological polar surface area (TPSA) is 98.4 Å². The van der Waals surface area contributed by atoms with Crippen LogP contribution in [0.2, 0.25) is 0 Å². The second kappa shape index (κ2) is 2.62. The summed E-state index contributed by atoms with van der Waals surface area (Å²) in [4.78, 5) is 9.41. The summed E-state index contributed by atoms with van der Waals surface area (Å²) < 4.78 is 21.8. The van der Waals surface area contributed by atoms with Crippen LogP contribution in [0, 0.1) is 10.8 Å². The molecule has 0 aliphatic heterocycles. The van der Waals surface area contributed by atoms with Crippen molar-refractivity contribution < 1.29 is 29.2 Å². The first-order chi connectivity index (χ1) is 3.13. The lowest BCUT2D eigenvalue weighted by atomic mass is 11.3. The third-order valence-corrected chi connectivity index (χ3v) is 0.417. The highest BCUT2D eigenvalue weighted by atomic mass is 35.6. The van der Waals surface area contributed by atoms with Gasteiger partial charge in [-0.3, -0.25) is 0 Å². The molecule has 0 saturated heterocycles. The zero-order valence-electron chi connectivity index (χ0n) is 3.09. The fraction of sp³-hybridized carbons (Fsp3) is 0. The number of primary amides is 1. The van der Waals surface area contributed by atoms with Crippen molar-refractivity contribution in [3.8, 4) is 0 Å². The van der Waals surface area contributed by atoms with E-state index in [-0.39, 0.29) is 0 Å². The van der Waals surface area contributed by atoms with E-state index in [9.17, 15) is 14.1 Å². The van der Waals surface area contributed by atoms with Gasteiger partial charge in [0.1, 0.15) is 0 Å². The Bertz CT molecular complexity index is 72.1. The van der Waals surface area contributed by atoms with E-state index < -0.39 is 16.9 Å². The molecule has 0 atom stereocenters. The number of hydrogen-bond donors (Lipinski definition) is 1. The molecule has 5 nitrogen and oxygen atoms in total. The van der Waals surface area contributed by atoms with Gasteiger partial charge in [0, 0.05) is 0 Å². The van der Waals surface area contributed by atoms with Gasteiger partial charge in [-0.05, 0) is 4.29 Å². The Hall–Kier alpha value is -0.520. The lowest BCUT2D eigenvalue weighted by molar-refractivity contribution is -1.62. The van der Waals surface area contributed by atoms with E-state index in [0.717, 1.165) is 0 Å². The van der Waals surface area contributed by atoms with Gasteiger partial charge in [0.15, 0.2) is 0 Å². The minimum absolute atomic E-state index is 1.34. The standard InChI is InChI=1S/CH2ClNO4/c3-1(4)7-2(5)6/h(H2,3,4). The number of rotatable bonds is 1. The number of carbonyl (C=O) groups excluding carboxylic acids is 1. The number of carbonyl (C=O) groups is 1. The van der Waals surface area contributed by atoms with Gasteiger partial charge in [0.05, 0.1) is 0 Å². The second-order valence-corrected chi connectivity index (χ2v) is 1.12. The quantitative estimate of drug-likeness (QED) is 0.410. The van der Waals surface area contributed by atoms with E-state index in [4.69, 9.17) is 0 Å². The van der Waals surface area contributed by atoms with Crippen LogP contribution in [-0.4, -0.2) is 6.09 Å². The van der Waals surface area contributed by atoms with Gasteiger partial charge in [-0.2, -0.15) is 0 Å². The Morgan fingerprint density at radius 2 is 2.14 bits per heavy atom. The average Bonchev–Trinajstić information content (AvgIpc) is 1.27. The molecule has 0 fully saturated rings. The summed E-state index contributed by atoms with van der Waals surface area (Å²) in [5.41, 5.74) is 4.23. The van der Waals surface area contributed by atoms with Crippen LogP contribution in [0.15, 0.2) is 0 Å². The summed E-state index contributed by atoms with van der Waals surface area (Å²) >= 11 is 0. The Morgan fingerprint density at radius 1 is 1.71 bits per heavy atom. The molecule has 0 aromatic carbocycles. The predicted octanol–water partition coefficient (Wildman–Crippen LogP) is -2.83. The van der Waals surface area contributed by atoms with Crippen LogP contribution in [0.1, 0.15) is 0 Å². The van der Waals surface area contributed by atoms with Crippen molar-refractivity contribution in [2.45, 2.75) is 0 Å². The van der Waals surface area contributed by atoms with Crippen LogP contribution in [0.3, 0.4) is 0 Å². The molecule has 0 saturated carbocycles. The van der Waals surface area contributed by atoms with E-state index in [2.05, 4.69) is 10.0 Å². The monoisotopic (exact) mass is 127 g/mol. The molecule has 0 spiro atoms. The lowest BCUT2D eigenvalue weighted by Crippen LogP contribution is -2.37. The van der Waals surface area contributed by atoms with Gasteiger partial charge >= 0.3 is 16.9 Å². The molecular formula is CH2ClNO4. The Morgan fingerprint density at radius 3 is 2.14 bits per heavy atom. The molecule has 0 aliphatic rings. The first-order valence-electron chi connectivity index (χ1n) is 1.16. The first-order valence-corrected chi connectivity index (χ1v) is 2.09. The van der Waals surface area contributed by atoms with Crippen molar-refractivity contribution >= 4 is 6.09 Å². The Kier molecular flexibility index (Phi) is 2.42. The Balaban J connectivity index is 3.13. The van der Waals surface area contributed by atoms with Crippen molar-refractivity contribution in [1.82, 2.24) is 0 Å². The third-order valence-electron chi connectivity index (χ3n) is 0.139. The molecule has 0 radical (unpaired) electrons. The molecule has 0 unspecified atom stereocenters. The maximum Gasteiger partial charge on any atom is 0.515 e. The molecule has 0 aromatic rings. The molecule has 7 heavy (non-hydrogen) atoms. The number of hydrogen-bond acceptors (Lipinski definition) is 4. The van der Waals surface area contributed by atoms with Gasteiger partial charge in [0.25, 0.3) is 0 Å². The number of halogens is 1. The van der Waals surface area contributed by atoms with Crippen molar-refractivity contribution in [3.63, 3.8) is 0 Å². The van der Waals surface area contributed by atoms with Gasteiger partial charge < -0.3 is 15.1 Å². The summed E-state index contributed by atoms with van der Waals surface area (Å²) in [6, 6.07) is 0. The van der Waals surface area contributed by atoms with Gasteiger partial charge in [-0.15, -0.1) is 0 Å². The fourth-order valence-electron chi connectivity index (χ4n) is 0.0621. The summed E-state index contributed by atoms with van der Waals surface area (Å²) in [6.07, 6.45) is -1.34. The highest BCUT2D eigenvalue weighted by Gasteiger charge is 2.10. The van der Waals surface area contributed by atoms with Crippen LogP contribution in [0.5, 0.6) is 0 Å². The minimum atomic E-state index is -2.53. The molecule has 42 valence electrons. The van der Waals surface area contributed by atoms with Crippen molar-refractivity contribution in [2.75, 3.05) is 0 Å². The number of nitrogens with two attached hydrogens (primary N) is 1. The minimum Gasteiger partial charge on any atom is -0.326 e. The van der Waals surface area contributed by atoms with Crippen LogP contribution >= 0.6 is 0 Å². The van der Waals surface area contributed by atoms with Gasteiger partial charge in [-0.25, -0.2) is 4.79 Å². The average molecular weight is 127 g/mol. The van der Waals surface area contributed by atoms with Crippen LogP contribution in [0.4, 0.5) is 4.79 Å². The van der Waals surface area contributed by atoms with E-state index in [1.807, 2.05) is 0 Å². The second-order valence-electron chi connectivity index (χ2n) is 0.585. The summed E-state index contributed by atoms with van der Waals surface area (Å²) in [5, 5.41) is 0. The largest absolute Gasteiger partial charge is 0.515 e. The van der Waals surface area contributed by atoms with E-state index in [1.165, 1.54) is 0 Å². The molecule has 0 rings (SSSR count). The highest BCUT2D eigenvalue weighted by molar-refractivity contribution is 5.63. The molecule has 0 heterocycles. The van der Waals surface area contributed by atoms with Gasteiger partial charge in [0.2, 0.25) is 0 Å². The maximum atomic E-state index is 9.41. The lowest BCUT2D eigenvalue weighted by Gasteiger charge is -1.85. The van der Waals surface area contributed by atoms with Crippen molar-refractivity contribution in [3.05, 3.63) is 0 Å². The van der Waals surface area contributed by atoms with Crippen molar-refractivity contribution in [1.29, 1.82) is 0 Å². The fourth-order valence-corrected chi connectivity index (χ4v) is 0.186. The van der Waals surface area contributed by atoms with E-state index in [1.54, 1.807) is 0 Å². The first kappa shape index (κ1) is 6.48. The van der Waals surface area contributed by atoms with Crippen LogP contribution in [0.25, 0.3) is 0 Å². The van der Waals surface area contributed by atoms with E-state index in [0.29, 0.717) is 0 Å². The predicted molar refractivity (Wildman–Crippen MR) is 10.7 cm³/mol. The third kappa shape index (κ3) is 5.48. The highest BCUT2D eigenvalue weighted by Crippen LogP contribution is 1.72. The van der Waals surface area contributed by atoms with Crippen molar-refractivity contribution in [2.24, 2.45) is 5.73 Å². The SMILES string of the molecule is NC(=O)O[Cl+2]([O-])[O-]. The molecule has 0 aromatic heterocycles. The Labute approximate surface area is 42.1 Å². The van der Waals surface area contributed by atoms with E-state index >= 15 is 0 Å². The smallest absolute Gasteiger partial charge is 0.326 e. The summed E-state index contributed by atoms with van der Waals surface area (Å²) in [6.45, 7) is 0. The zero-order valence-corrected chi connectivity index (χ0v) is 3.84. The van der Waals surface area contributed by atoms with Gasteiger partial charge in [-0.1, -0.05) is 0 Å². The molecule has 6 heteroatoms. The van der Waals surface area contributed by atoms with Crippen LogP contribution in [-0.2, 0) is 4.29 Å². The number of amides is 1. The summed E-state index contributed by atoms with van der Waals surface area (Å²) in [7, 11) is -2.53. The zero-order chi connectivity index (χ0) is 5.86. The normalized spacial score (nSPS) is 9.00. The maximum absolute atomic E-state index is 9.41. The molecular weight excluding hydrogens is 125 g/mol. The summed E-state index contributed by atoms with van der Waals surface area (Å²) in [5.74, 6) is 0. The molecule has 2 N–H and O–H groups in total. The molecule has 0 aliphatic carbocycles. The molecule has 1 amide bonds. The molecule has 0 bridgehead atoms.